The Kier molecular flexibility index (Phi) is 5.65. The van der Waals surface area contributed by atoms with Crippen LogP contribution in [-0.2, 0) is 4.79 Å². The molecule has 0 unspecified atom stereocenters. The summed E-state index contributed by atoms with van der Waals surface area (Å²) in [6.07, 6.45) is 0. The molecule has 0 aliphatic carbocycles. The molecule has 0 fully saturated rings. The molecule has 2 rings (SSSR count). The summed E-state index contributed by atoms with van der Waals surface area (Å²) in [4.78, 5) is 12.0. The molecule has 1 atom stereocenters. The van der Waals surface area contributed by atoms with Crippen molar-refractivity contribution in [3.63, 3.8) is 0 Å². The SMILES string of the molecule is C[C@@H](NC(=O)CNc1ccc(Br)cc1)c1ccccc1Cl. The fraction of sp³-hybridized carbons (Fsp3) is 0.188. The normalized spacial score (nSPS) is 11.8. The van der Waals surface area contributed by atoms with Crippen LogP contribution in [0.2, 0.25) is 5.02 Å². The molecule has 0 aliphatic rings. The second kappa shape index (κ2) is 7.48. The van der Waals surface area contributed by atoms with Gasteiger partial charge in [-0.25, -0.2) is 0 Å². The summed E-state index contributed by atoms with van der Waals surface area (Å²) in [5.41, 5.74) is 1.81. The zero-order valence-electron chi connectivity index (χ0n) is 11.6. The van der Waals surface area contributed by atoms with Crippen LogP contribution in [0.4, 0.5) is 5.69 Å². The Balaban J connectivity index is 1.87. The van der Waals surface area contributed by atoms with Crippen molar-refractivity contribution in [3.05, 3.63) is 63.6 Å². The smallest absolute Gasteiger partial charge is 0.239 e. The van der Waals surface area contributed by atoms with Crippen molar-refractivity contribution < 1.29 is 4.79 Å². The van der Waals surface area contributed by atoms with E-state index in [0.717, 1.165) is 15.7 Å². The maximum Gasteiger partial charge on any atom is 0.239 e. The molecule has 2 aromatic rings. The molecule has 0 radical (unpaired) electrons. The molecule has 110 valence electrons. The molecule has 0 heterocycles. The minimum Gasteiger partial charge on any atom is -0.376 e. The summed E-state index contributed by atoms with van der Waals surface area (Å²) in [7, 11) is 0. The minimum atomic E-state index is -0.127. The van der Waals surface area contributed by atoms with Crippen LogP contribution in [0.25, 0.3) is 0 Å². The Labute approximate surface area is 137 Å². The molecule has 21 heavy (non-hydrogen) atoms. The van der Waals surface area contributed by atoms with Crippen molar-refractivity contribution in [1.29, 1.82) is 0 Å². The number of rotatable bonds is 5. The summed E-state index contributed by atoms with van der Waals surface area (Å²) in [6.45, 7) is 2.13. The van der Waals surface area contributed by atoms with Gasteiger partial charge in [-0.1, -0.05) is 45.7 Å². The highest BCUT2D eigenvalue weighted by molar-refractivity contribution is 9.10. The Hall–Kier alpha value is -1.52. The molecule has 2 N–H and O–H groups in total. The molecular formula is C16H16BrClN2O. The first-order valence-electron chi connectivity index (χ1n) is 6.59. The highest BCUT2D eigenvalue weighted by atomic mass is 79.9. The van der Waals surface area contributed by atoms with Gasteiger partial charge in [0.1, 0.15) is 0 Å². The summed E-state index contributed by atoms with van der Waals surface area (Å²) in [5.74, 6) is -0.0784. The Morgan fingerprint density at radius 1 is 1.19 bits per heavy atom. The monoisotopic (exact) mass is 366 g/mol. The Morgan fingerprint density at radius 3 is 2.52 bits per heavy atom. The van der Waals surface area contributed by atoms with Gasteiger partial charge in [0.2, 0.25) is 5.91 Å². The lowest BCUT2D eigenvalue weighted by Gasteiger charge is -2.16. The number of benzene rings is 2. The molecule has 0 saturated carbocycles. The van der Waals surface area contributed by atoms with Crippen LogP contribution in [0, 0.1) is 0 Å². The van der Waals surface area contributed by atoms with E-state index in [9.17, 15) is 4.79 Å². The first kappa shape index (κ1) is 15.9. The van der Waals surface area contributed by atoms with Gasteiger partial charge < -0.3 is 10.6 Å². The fourth-order valence-corrected chi connectivity index (χ4v) is 2.51. The van der Waals surface area contributed by atoms with Crippen LogP contribution in [0.3, 0.4) is 0 Å². The number of halogens is 2. The quantitative estimate of drug-likeness (QED) is 0.823. The molecule has 0 saturated heterocycles. The molecule has 0 bridgehead atoms. The number of carbonyl (C=O) groups excluding carboxylic acids is 1. The molecule has 1 amide bonds. The van der Waals surface area contributed by atoms with E-state index >= 15 is 0 Å². The lowest BCUT2D eigenvalue weighted by atomic mass is 10.1. The predicted octanol–water partition coefficient (Wildman–Crippen LogP) is 4.39. The minimum absolute atomic E-state index is 0.0784. The van der Waals surface area contributed by atoms with E-state index in [1.165, 1.54) is 0 Å². The molecular weight excluding hydrogens is 352 g/mol. The summed E-state index contributed by atoms with van der Waals surface area (Å²) in [5, 5.41) is 6.66. The first-order valence-corrected chi connectivity index (χ1v) is 7.76. The van der Waals surface area contributed by atoms with Crippen LogP contribution < -0.4 is 10.6 Å². The van der Waals surface area contributed by atoms with Gasteiger partial charge in [0.05, 0.1) is 12.6 Å². The van der Waals surface area contributed by atoms with Gasteiger partial charge in [0.25, 0.3) is 0 Å². The predicted molar refractivity (Wildman–Crippen MR) is 90.6 cm³/mol. The van der Waals surface area contributed by atoms with Gasteiger partial charge in [-0.2, -0.15) is 0 Å². The lowest BCUT2D eigenvalue weighted by molar-refractivity contribution is -0.120. The molecule has 5 heteroatoms. The third kappa shape index (κ3) is 4.76. The maximum atomic E-state index is 12.0. The second-order valence-corrected chi connectivity index (χ2v) is 5.99. The average Bonchev–Trinajstić information content (AvgIpc) is 2.47. The van der Waals surface area contributed by atoms with Crippen molar-refractivity contribution in [1.82, 2.24) is 5.32 Å². The number of hydrogen-bond donors (Lipinski definition) is 2. The maximum absolute atomic E-state index is 12.0. The van der Waals surface area contributed by atoms with Gasteiger partial charge in [-0.15, -0.1) is 0 Å². The van der Waals surface area contributed by atoms with E-state index in [0.29, 0.717) is 5.02 Å². The third-order valence-corrected chi connectivity index (χ3v) is 3.92. The third-order valence-electron chi connectivity index (χ3n) is 3.05. The number of carbonyl (C=O) groups is 1. The van der Waals surface area contributed by atoms with Crippen LogP contribution >= 0.6 is 27.5 Å². The van der Waals surface area contributed by atoms with E-state index in [2.05, 4.69) is 26.6 Å². The van der Waals surface area contributed by atoms with Crippen LogP contribution in [-0.4, -0.2) is 12.5 Å². The van der Waals surface area contributed by atoms with Gasteiger partial charge in [0.15, 0.2) is 0 Å². The lowest BCUT2D eigenvalue weighted by Crippen LogP contribution is -2.32. The molecule has 0 aliphatic heterocycles. The van der Waals surface area contributed by atoms with E-state index in [1.54, 1.807) is 0 Å². The van der Waals surface area contributed by atoms with Gasteiger partial charge in [-0.05, 0) is 42.8 Å². The number of anilines is 1. The second-order valence-electron chi connectivity index (χ2n) is 4.67. The van der Waals surface area contributed by atoms with Gasteiger partial charge in [0, 0.05) is 15.2 Å². The number of amides is 1. The highest BCUT2D eigenvalue weighted by Gasteiger charge is 2.11. The van der Waals surface area contributed by atoms with Gasteiger partial charge in [-0.3, -0.25) is 4.79 Å². The Bertz CT molecular complexity index is 616. The van der Waals surface area contributed by atoms with Crippen LogP contribution in [0.15, 0.2) is 53.0 Å². The molecule has 2 aromatic carbocycles. The molecule has 3 nitrogen and oxygen atoms in total. The topological polar surface area (TPSA) is 41.1 Å². The van der Waals surface area contributed by atoms with Crippen molar-refractivity contribution in [2.45, 2.75) is 13.0 Å². The fourth-order valence-electron chi connectivity index (χ4n) is 1.95. The van der Waals surface area contributed by atoms with Crippen molar-refractivity contribution >= 4 is 39.1 Å². The standard InChI is InChI=1S/C16H16BrClN2O/c1-11(14-4-2-3-5-15(14)18)20-16(21)10-19-13-8-6-12(17)7-9-13/h2-9,11,19H,10H2,1H3,(H,20,21)/t11-/m1/s1. The number of nitrogens with one attached hydrogen (secondary N) is 2. The highest BCUT2D eigenvalue weighted by Crippen LogP contribution is 2.22. The number of hydrogen-bond acceptors (Lipinski definition) is 2. The van der Waals surface area contributed by atoms with Crippen molar-refractivity contribution in [3.8, 4) is 0 Å². The van der Waals surface area contributed by atoms with E-state index in [-0.39, 0.29) is 18.5 Å². The largest absolute Gasteiger partial charge is 0.376 e. The van der Waals surface area contributed by atoms with Crippen molar-refractivity contribution in [2.75, 3.05) is 11.9 Å². The van der Waals surface area contributed by atoms with Gasteiger partial charge >= 0.3 is 0 Å². The van der Waals surface area contributed by atoms with Crippen molar-refractivity contribution in [2.24, 2.45) is 0 Å². The van der Waals surface area contributed by atoms with E-state index in [4.69, 9.17) is 11.6 Å². The average molecular weight is 368 g/mol. The first-order chi connectivity index (χ1) is 10.1. The zero-order chi connectivity index (χ0) is 15.2. The zero-order valence-corrected chi connectivity index (χ0v) is 13.9. The van der Waals surface area contributed by atoms with E-state index < -0.39 is 0 Å². The summed E-state index contributed by atoms with van der Waals surface area (Å²) < 4.78 is 1.00. The van der Waals surface area contributed by atoms with Crippen LogP contribution in [0.1, 0.15) is 18.5 Å². The van der Waals surface area contributed by atoms with E-state index in [1.807, 2.05) is 55.5 Å². The Morgan fingerprint density at radius 2 is 1.86 bits per heavy atom. The summed E-state index contributed by atoms with van der Waals surface area (Å²) in [6, 6.07) is 15.1. The molecule has 0 aromatic heterocycles. The van der Waals surface area contributed by atoms with Crippen LogP contribution in [0.5, 0.6) is 0 Å². The molecule has 0 spiro atoms. The summed E-state index contributed by atoms with van der Waals surface area (Å²) >= 11 is 9.49.